The van der Waals surface area contributed by atoms with Crippen LogP contribution in [0, 0.1) is 5.41 Å². The lowest BCUT2D eigenvalue weighted by atomic mass is 10.5. The molecule has 6 nitrogen and oxygen atoms in total. The van der Waals surface area contributed by atoms with Gasteiger partial charge in [0.25, 0.3) is 0 Å². The third-order valence-electron chi connectivity index (χ3n) is 1.04. The molecule has 72 valence electrons. The summed E-state index contributed by atoms with van der Waals surface area (Å²) in [6.45, 7) is 2.15. The molecule has 0 atom stereocenters. The predicted molar refractivity (Wildman–Crippen MR) is 48.7 cm³/mol. The Morgan fingerprint density at radius 2 is 2.17 bits per heavy atom. The van der Waals surface area contributed by atoms with E-state index in [2.05, 4.69) is 5.32 Å². The summed E-state index contributed by atoms with van der Waals surface area (Å²) < 4.78 is 0. The van der Waals surface area contributed by atoms with E-state index in [1.54, 1.807) is 0 Å². The molecule has 0 heterocycles. The number of nitrogens with zero attached hydrogens (tertiary/aromatic N) is 1. The second-order valence-electron chi connectivity index (χ2n) is 2.06. The summed E-state index contributed by atoms with van der Waals surface area (Å²) in [5.74, 6) is 4.90. The second kappa shape index (κ2) is 6.68. The maximum atomic E-state index is 10.3. The number of hydrogen-bond donors (Lipinski definition) is 4. The summed E-state index contributed by atoms with van der Waals surface area (Å²) in [4.78, 5) is 10.3. The zero-order chi connectivity index (χ0) is 8.85. The third-order valence-corrected chi connectivity index (χ3v) is 1.04. The van der Waals surface area contributed by atoms with Crippen LogP contribution in [0.3, 0.4) is 0 Å². The lowest BCUT2D eigenvalue weighted by Crippen LogP contribution is -2.45. The SMILES string of the molecule is CC(=O)NCCN(N)C(=N)N.Cl. The number of nitrogens with two attached hydrogens (primary N) is 2. The van der Waals surface area contributed by atoms with Crippen LogP contribution in [0.25, 0.3) is 0 Å². The maximum absolute atomic E-state index is 10.3. The summed E-state index contributed by atoms with van der Waals surface area (Å²) in [6, 6.07) is 0. The van der Waals surface area contributed by atoms with E-state index in [1.807, 2.05) is 0 Å². The van der Waals surface area contributed by atoms with Gasteiger partial charge in [-0.1, -0.05) is 0 Å². The van der Waals surface area contributed by atoms with Crippen molar-refractivity contribution in [3.63, 3.8) is 0 Å². The predicted octanol–water partition coefficient (Wildman–Crippen LogP) is -1.39. The minimum absolute atomic E-state index is 0. The molecular weight excluding hydrogens is 182 g/mol. The number of rotatable bonds is 3. The van der Waals surface area contributed by atoms with Crippen molar-refractivity contribution in [2.24, 2.45) is 11.6 Å². The molecule has 0 spiro atoms. The topological polar surface area (TPSA) is 108 Å². The van der Waals surface area contributed by atoms with Crippen molar-refractivity contribution >= 4 is 24.3 Å². The fraction of sp³-hybridized carbons (Fsp3) is 0.600. The first-order chi connectivity index (χ1) is 5.04. The summed E-state index contributed by atoms with van der Waals surface area (Å²) in [6.07, 6.45) is 0. The molecule has 0 fully saturated rings. The van der Waals surface area contributed by atoms with Crippen LogP contribution in [0.4, 0.5) is 0 Å². The van der Waals surface area contributed by atoms with Crippen LogP contribution in [-0.2, 0) is 4.79 Å². The van der Waals surface area contributed by atoms with Crippen LogP contribution >= 0.6 is 12.4 Å². The first-order valence-corrected chi connectivity index (χ1v) is 3.14. The van der Waals surface area contributed by atoms with Crippen molar-refractivity contribution in [3.05, 3.63) is 0 Å². The molecule has 0 rings (SSSR count). The highest BCUT2D eigenvalue weighted by Gasteiger charge is 1.98. The molecule has 0 saturated heterocycles. The summed E-state index contributed by atoms with van der Waals surface area (Å²) in [7, 11) is 0. The van der Waals surface area contributed by atoms with Crippen LogP contribution in [0.2, 0.25) is 0 Å². The standard InChI is InChI=1S/C5H13N5O.ClH/c1-4(11)9-2-3-10(8)5(6)7;/h2-3,8H2,1H3,(H3,6,7)(H,9,11);1H. The van der Waals surface area contributed by atoms with Crippen molar-refractivity contribution in [1.29, 1.82) is 5.41 Å². The smallest absolute Gasteiger partial charge is 0.216 e. The van der Waals surface area contributed by atoms with E-state index >= 15 is 0 Å². The molecule has 0 saturated carbocycles. The Morgan fingerprint density at radius 1 is 1.67 bits per heavy atom. The zero-order valence-electron chi connectivity index (χ0n) is 6.83. The van der Waals surface area contributed by atoms with Crippen molar-refractivity contribution in [3.8, 4) is 0 Å². The molecule has 6 N–H and O–H groups in total. The molecule has 0 aromatic heterocycles. The molecule has 1 amide bonds. The zero-order valence-corrected chi connectivity index (χ0v) is 7.65. The number of halogens is 1. The molecule has 7 heteroatoms. The van der Waals surface area contributed by atoms with Crippen LogP contribution in [0.1, 0.15) is 6.92 Å². The number of carbonyl (C=O) groups is 1. The second-order valence-corrected chi connectivity index (χ2v) is 2.06. The first-order valence-electron chi connectivity index (χ1n) is 3.14. The van der Waals surface area contributed by atoms with E-state index in [0.29, 0.717) is 13.1 Å². The van der Waals surface area contributed by atoms with Crippen molar-refractivity contribution in [2.45, 2.75) is 6.92 Å². The van der Waals surface area contributed by atoms with Gasteiger partial charge in [-0.05, 0) is 0 Å². The highest BCUT2D eigenvalue weighted by atomic mass is 35.5. The number of nitrogens with one attached hydrogen (secondary N) is 2. The van der Waals surface area contributed by atoms with Gasteiger partial charge in [-0.15, -0.1) is 12.4 Å². The molecule has 12 heavy (non-hydrogen) atoms. The number of amides is 1. The van der Waals surface area contributed by atoms with Crippen LogP contribution in [0.5, 0.6) is 0 Å². The van der Waals surface area contributed by atoms with Gasteiger partial charge in [-0.2, -0.15) is 0 Å². The number of carbonyl (C=O) groups excluding carboxylic acids is 1. The minimum atomic E-state index is -0.213. The van der Waals surface area contributed by atoms with Gasteiger partial charge in [0.15, 0.2) is 0 Å². The first kappa shape index (κ1) is 13.6. The van der Waals surface area contributed by atoms with Crippen LogP contribution in [0.15, 0.2) is 0 Å². The molecule has 0 radical (unpaired) electrons. The van der Waals surface area contributed by atoms with Gasteiger partial charge >= 0.3 is 0 Å². The lowest BCUT2D eigenvalue weighted by Gasteiger charge is -2.15. The number of guanidine groups is 1. The van der Waals surface area contributed by atoms with E-state index in [1.165, 1.54) is 6.92 Å². The normalized spacial score (nSPS) is 8.17. The van der Waals surface area contributed by atoms with Crippen LogP contribution < -0.4 is 16.9 Å². The number of hydrazine groups is 1. The summed E-state index contributed by atoms with van der Waals surface area (Å²) in [5, 5.41) is 10.4. The fourth-order valence-corrected chi connectivity index (χ4v) is 0.473. The highest BCUT2D eigenvalue weighted by Crippen LogP contribution is 1.72. The minimum Gasteiger partial charge on any atom is -0.369 e. The Bertz CT molecular complexity index is 162. The summed E-state index contributed by atoms with van der Waals surface area (Å²) in [5.41, 5.74) is 5.02. The van der Waals surface area contributed by atoms with Gasteiger partial charge in [0.1, 0.15) is 0 Å². The Kier molecular flexibility index (Phi) is 7.56. The van der Waals surface area contributed by atoms with E-state index in [9.17, 15) is 4.79 Å². The lowest BCUT2D eigenvalue weighted by molar-refractivity contribution is -0.118. The molecule has 0 bridgehead atoms. The van der Waals surface area contributed by atoms with Crippen LogP contribution in [-0.4, -0.2) is 30.0 Å². The third kappa shape index (κ3) is 7.10. The Balaban J connectivity index is 0. The molecule has 0 aromatic rings. The van der Waals surface area contributed by atoms with Crippen molar-refractivity contribution in [2.75, 3.05) is 13.1 Å². The molecule has 0 aromatic carbocycles. The quantitative estimate of drug-likeness (QED) is 0.193. The summed E-state index contributed by atoms with van der Waals surface area (Å²) >= 11 is 0. The van der Waals surface area contributed by atoms with Gasteiger partial charge in [0.2, 0.25) is 11.9 Å². The average Bonchev–Trinajstić information content (AvgIpc) is 1.86. The largest absolute Gasteiger partial charge is 0.369 e. The Morgan fingerprint density at radius 3 is 2.50 bits per heavy atom. The van der Waals surface area contributed by atoms with E-state index in [-0.39, 0.29) is 24.3 Å². The van der Waals surface area contributed by atoms with E-state index in [0.717, 1.165) is 5.01 Å². The van der Waals surface area contributed by atoms with Gasteiger partial charge in [0.05, 0.1) is 6.54 Å². The molecular formula is C5H14ClN5O. The van der Waals surface area contributed by atoms with Gasteiger partial charge in [-0.3, -0.25) is 15.2 Å². The van der Waals surface area contributed by atoms with E-state index < -0.39 is 0 Å². The Labute approximate surface area is 77.2 Å². The van der Waals surface area contributed by atoms with Gasteiger partial charge in [-0.25, -0.2) is 5.84 Å². The van der Waals surface area contributed by atoms with Gasteiger partial charge < -0.3 is 11.1 Å². The highest BCUT2D eigenvalue weighted by molar-refractivity contribution is 5.85. The van der Waals surface area contributed by atoms with E-state index in [4.69, 9.17) is 17.0 Å². The molecule has 0 aliphatic heterocycles. The molecule has 0 aliphatic rings. The molecule has 0 unspecified atom stereocenters. The Hall–Kier alpha value is -1.01. The number of hydrogen-bond acceptors (Lipinski definition) is 3. The molecule has 0 aliphatic carbocycles. The van der Waals surface area contributed by atoms with Crippen molar-refractivity contribution in [1.82, 2.24) is 10.3 Å². The van der Waals surface area contributed by atoms with Gasteiger partial charge in [0, 0.05) is 13.5 Å². The monoisotopic (exact) mass is 195 g/mol. The van der Waals surface area contributed by atoms with Crippen molar-refractivity contribution < 1.29 is 4.79 Å². The maximum Gasteiger partial charge on any atom is 0.216 e. The fourth-order valence-electron chi connectivity index (χ4n) is 0.473. The average molecular weight is 196 g/mol.